The number of nitriles is 1. The van der Waals surface area contributed by atoms with E-state index in [0.717, 1.165) is 12.8 Å². The van der Waals surface area contributed by atoms with E-state index in [4.69, 9.17) is 26.3 Å². The van der Waals surface area contributed by atoms with Crippen LogP contribution in [0.25, 0.3) is 0 Å². The maximum atomic E-state index is 12.6. The maximum Gasteiger partial charge on any atom is 0.322 e. The number of rotatable bonds is 4. The molecule has 0 saturated carbocycles. The molecule has 2 amide bonds. The summed E-state index contributed by atoms with van der Waals surface area (Å²) in [5.41, 5.74) is 0.626. The average Bonchev–Trinajstić information content (AvgIpc) is 2.69. The fourth-order valence-corrected chi connectivity index (χ4v) is 3.01. The highest BCUT2D eigenvalue weighted by Gasteiger charge is 2.26. The quantitative estimate of drug-likeness (QED) is 0.865. The molecule has 2 heterocycles. The average molecular weight is 388 g/mol. The fourth-order valence-electron chi connectivity index (χ4n) is 2.84. The van der Waals surface area contributed by atoms with Crippen molar-refractivity contribution in [2.75, 3.05) is 25.5 Å². The Morgan fingerprint density at radius 3 is 3.00 bits per heavy atom. The lowest BCUT2D eigenvalue weighted by Crippen LogP contribution is -2.46. The van der Waals surface area contributed by atoms with Crippen molar-refractivity contribution in [1.82, 2.24) is 14.9 Å². The van der Waals surface area contributed by atoms with Crippen LogP contribution < -0.4 is 14.8 Å². The number of anilines is 1. The molecule has 1 aliphatic heterocycles. The third-order valence-corrected chi connectivity index (χ3v) is 4.35. The standard InChI is InChI=1S/C18H18ClN5O3/c1-26-16-5-4-12(19)9-14(16)23-18(25)24-8-2-3-13(11-24)27-17-15(10-20)21-6-7-22-17/h4-7,9,13H,2-3,8,11H2,1H3,(H,23,25). The summed E-state index contributed by atoms with van der Waals surface area (Å²) in [5, 5.41) is 12.4. The van der Waals surface area contributed by atoms with Gasteiger partial charge < -0.3 is 19.7 Å². The van der Waals surface area contributed by atoms with Gasteiger partial charge in [-0.15, -0.1) is 0 Å². The van der Waals surface area contributed by atoms with Gasteiger partial charge in [0, 0.05) is 24.0 Å². The number of carbonyl (C=O) groups is 1. The Balaban J connectivity index is 1.66. The lowest BCUT2D eigenvalue weighted by molar-refractivity contribution is 0.102. The molecule has 140 valence electrons. The van der Waals surface area contributed by atoms with Gasteiger partial charge >= 0.3 is 6.03 Å². The Labute approximate surface area is 161 Å². The van der Waals surface area contributed by atoms with E-state index in [2.05, 4.69) is 15.3 Å². The predicted molar refractivity (Wildman–Crippen MR) is 99.0 cm³/mol. The Hall–Kier alpha value is -3.05. The highest BCUT2D eigenvalue weighted by atomic mass is 35.5. The number of hydrogen-bond acceptors (Lipinski definition) is 6. The van der Waals surface area contributed by atoms with Gasteiger partial charge in [-0.05, 0) is 31.0 Å². The molecule has 8 nitrogen and oxygen atoms in total. The second kappa shape index (κ2) is 8.56. The minimum absolute atomic E-state index is 0.128. The normalized spacial score (nSPS) is 16.3. The van der Waals surface area contributed by atoms with Crippen molar-refractivity contribution in [3.05, 3.63) is 41.3 Å². The summed E-state index contributed by atoms with van der Waals surface area (Å²) in [5.74, 6) is 0.708. The summed E-state index contributed by atoms with van der Waals surface area (Å²) in [6.45, 7) is 0.969. The van der Waals surface area contributed by atoms with Crippen molar-refractivity contribution in [2.45, 2.75) is 18.9 Å². The molecular weight excluding hydrogens is 370 g/mol. The molecule has 1 saturated heterocycles. The smallest absolute Gasteiger partial charge is 0.322 e. The molecule has 0 spiro atoms. The highest BCUT2D eigenvalue weighted by Crippen LogP contribution is 2.28. The summed E-state index contributed by atoms with van der Waals surface area (Å²) < 4.78 is 11.1. The Kier molecular flexibility index (Phi) is 5.94. The van der Waals surface area contributed by atoms with E-state index in [9.17, 15) is 4.79 Å². The third kappa shape index (κ3) is 4.57. The largest absolute Gasteiger partial charge is 0.495 e. The Bertz CT molecular complexity index is 870. The summed E-state index contributed by atoms with van der Waals surface area (Å²) in [6.07, 6.45) is 4.16. The van der Waals surface area contributed by atoms with Crippen molar-refractivity contribution < 1.29 is 14.3 Å². The van der Waals surface area contributed by atoms with E-state index in [1.54, 1.807) is 23.1 Å². The lowest BCUT2D eigenvalue weighted by Gasteiger charge is -2.32. The summed E-state index contributed by atoms with van der Waals surface area (Å²) in [6, 6.07) is 6.69. The summed E-state index contributed by atoms with van der Waals surface area (Å²) in [4.78, 5) is 22.3. The number of amides is 2. The first-order chi connectivity index (χ1) is 13.1. The van der Waals surface area contributed by atoms with E-state index < -0.39 is 0 Å². The molecule has 0 radical (unpaired) electrons. The molecule has 1 aromatic heterocycles. The molecule has 9 heteroatoms. The second-order valence-corrected chi connectivity index (χ2v) is 6.36. The minimum Gasteiger partial charge on any atom is -0.495 e. The van der Waals surface area contributed by atoms with E-state index >= 15 is 0 Å². The number of carbonyl (C=O) groups excluding carboxylic acids is 1. The van der Waals surface area contributed by atoms with Crippen LogP contribution in [0.3, 0.4) is 0 Å². The number of aromatic nitrogens is 2. The van der Waals surface area contributed by atoms with Crippen molar-refractivity contribution in [2.24, 2.45) is 0 Å². The van der Waals surface area contributed by atoms with Crippen molar-refractivity contribution in [3.63, 3.8) is 0 Å². The van der Waals surface area contributed by atoms with Gasteiger partial charge in [0.25, 0.3) is 5.88 Å². The molecule has 3 rings (SSSR count). The van der Waals surface area contributed by atoms with Crippen LogP contribution in [-0.4, -0.2) is 47.2 Å². The maximum absolute atomic E-state index is 12.6. The second-order valence-electron chi connectivity index (χ2n) is 5.92. The monoisotopic (exact) mass is 387 g/mol. The molecule has 1 N–H and O–H groups in total. The molecule has 1 aliphatic rings. The van der Waals surface area contributed by atoms with Crippen molar-refractivity contribution in [3.8, 4) is 17.7 Å². The van der Waals surface area contributed by atoms with Crippen LogP contribution in [0.2, 0.25) is 5.02 Å². The predicted octanol–water partition coefficient (Wildman–Crippen LogP) is 3.09. The van der Waals surface area contributed by atoms with Gasteiger partial charge in [-0.25, -0.2) is 14.8 Å². The highest BCUT2D eigenvalue weighted by molar-refractivity contribution is 6.31. The molecule has 27 heavy (non-hydrogen) atoms. The van der Waals surface area contributed by atoms with Gasteiger partial charge in [-0.2, -0.15) is 5.26 Å². The number of urea groups is 1. The Morgan fingerprint density at radius 2 is 2.22 bits per heavy atom. The third-order valence-electron chi connectivity index (χ3n) is 4.12. The molecule has 1 aromatic carbocycles. The van der Waals surface area contributed by atoms with E-state index in [-0.39, 0.29) is 23.7 Å². The van der Waals surface area contributed by atoms with Crippen molar-refractivity contribution >= 4 is 23.3 Å². The van der Waals surface area contributed by atoms with Gasteiger partial charge in [0.2, 0.25) is 5.69 Å². The first-order valence-corrected chi connectivity index (χ1v) is 8.75. The summed E-state index contributed by atoms with van der Waals surface area (Å²) in [7, 11) is 1.53. The van der Waals surface area contributed by atoms with Gasteiger partial charge in [-0.3, -0.25) is 0 Å². The summed E-state index contributed by atoms with van der Waals surface area (Å²) >= 11 is 6.01. The van der Waals surface area contributed by atoms with Crippen LogP contribution in [0.1, 0.15) is 18.5 Å². The minimum atomic E-state index is -0.275. The fraction of sp³-hybridized carbons (Fsp3) is 0.333. The first kappa shape index (κ1) is 18.7. The Morgan fingerprint density at radius 1 is 1.41 bits per heavy atom. The SMILES string of the molecule is COc1ccc(Cl)cc1NC(=O)N1CCCC(Oc2nccnc2C#N)C1. The molecule has 0 aliphatic carbocycles. The van der Waals surface area contributed by atoms with Gasteiger partial charge in [-0.1, -0.05) is 11.6 Å². The van der Waals surface area contributed by atoms with E-state index in [1.807, 2.05) is 6.07 Å². The van der Waals surface area contributed by atoms with E-state index in [1.165, 1.54) is 19.5 Å². The number of nitrogens with zero attached hydrogens (tertiary/aromatic N) is 4. The topological polar surface area (TPSA) is 100 Å². The number of halogens is 1. The lowest BCUT2D eigenvalue weighted by atomic mass is 10.1. The molecule has 2 aromatic rings. The van der Waals surface area contributed by atoms with Crippen LogP contribution in [0.5, 0.6) is 11.6 Å². The molecule has 1 atom stereocenters. The number of nitrogens with one attached hydrogen (secondary N) is 1. The van der Waals surface area contributed by atoms with Crippen LogP contribution in [0.4, 0.5) is 10.5 Å². The zero-order valence-electron chi connectivity index (χ0n) is 14.7. The van der Waals surface area contributed by atoms with E-state index in [0.29, 0.717) is 29.5 Å². The van der Waals surface area contributed by atoms with Crippen LogP contribution in [-0.2, 0) is 0 Å². The first-order valence-electron chi connectivity index (χ1n) is 8.38. The number of likely N-dealkylation sites (tertiary alicyclic amines) is 1. The molecular formula is C18H18ClN5O3. The number of methoxy groups -OCH3 is 1. The van der Waals surface area contributed by atoms with Crippen molar-refractivity contribution in [1.29, 1.82) is 5.26 Å². The zero-order valence-corrected chi connectivity index (χ0v) is 15.4. The number of hydrogen-bond donors (Lipinski definition) is 1. The van der Waals surface area contributed by atoms with Crippen LogP contribution >= 0.6 is 11.6 Å². The van der Waals surface area contributed by atoms with Gasteiger partial charge in [0.15, 0.2) is 0 Å². The molecule has 1 fully saturated rings. The van der Waals surface area contributed by atoms with Gasteiger partial charge in [0.05, 0.1) is 19.3 Å². The van der Waals surface area contributed by atoms with Crippen LogP contribution in [0.15, 0.2) is 30.6 Å². The molecule has 0 bridgehead atoms. The molecule has 1 unspecified atom stereocenters. The number of piperidine rings is 1. The number of ether oxygens (including phenoxy) is 2. The zero-order chi connectivity index (χ0) is 19.2. The van der Waals surface area contributed by atoms with Gasteiger partial charge in [0.1, 0.15) is 17.9 Å². The number of benzene rings is 1. The van der Waals surface area contributed by atoms with Crippen LogP contribution in [0, 0.1) is 11.3 Å².